The van der Waals surface area contributed by atoms with Gasteiger partial charge in [-0.3, -0.25) is 9.69 Å². The van der Waals surface area contributed by atoms with E-state index in [9.17, 15) is 4.79 Å². The van der Waals surface area contributed by atoms with Crippen LogP contribution in [0.15, 0.2) is 42.5 Å². The molecule has 0 saturated carbocycles. The first kappa shape index (κ1) is 18.2. The van der Waals surface area contributed by atoms with E-state index in [1.54, 1.807) is 23.1 Å². The SMILES string of the molecule is CC(C)CN(C(=O)Cc1c(Cl)cccc1Cl)c1nc2ccccc2s1. The van der Waals surface area contributed by atoms with Gasteiger partial charge in [-0.15, -0.1) is 0 Å². The number of halogens is 2. The van der Waals surface area contributed by atoms with Crippen molar-refractivity contribution in [3.8, 4) is 0 Å². The Bertz CT molecular complexity index is 854. The predicted octanol–water partition coefficient (Wildman–Crippen LogP) is 5.83. The zero-order valence-electron chi connectivity index (χ0n) is 14.0. The lowest BCUT2D eigenvalue weighted by Gasteiger charge is -2.22. The fraction of sp³-hybridized carbons (Fsp3) is 0.263. The van der Waals surface area contributed by atoms with E-state index in [0.717, 1.165) is 10.2 Å². The Hall–Kier alpha value is -1.62. The van der Waals surface area contributed by atoms with Crippen LogP contribution in [0, 0.1) is 5.92 Å². The van der Waals surface area contributed by atoms with Gasteiger partial charge in [0.05, 0.1) is 16.6 Å². The highest BCUT2D eigenvalue weighted by Crippen LogP contribution is 2.31. The fourth-order valence-electron chi connectivity index (χ4n) is 2.58. The molecule has 3 aromatic rings. The lowest BCUT2D eigenvalue weighted by atomic mass is 10.1. The van der Waals surface area contributed by atoms with E-state index in [4.69, 9.17) is 23.2 Å². The van der Waals surface area contributed by atoms with E-state index in [0.29, 0.717) is 33.2 Å². The van der Waals surface area contributed by atoms with Crippen molar-refractivity contribution in [1.29, 1.82) is 0 Å². The highest BCUT2D eigenvalue weighted by atomic mass is 35.5. The Morgan fingerprint density at radius 3 is 2.44 bits per heavy atom. The molecule has 25 heavy (non-hydrogen) atoms. The minimum absolute atomic E-state index is 0.0530. The number of rotatable bonds is 5. The summed E-state index contributed by atoms with van der Waals surface area (Å²) < 4.78 is 1.06. The Morgan fingerprint density at radius 2 is 1.80 bits per heavy atom. The van der Waals surface area contributed by atoms with Crippen molar-refractivity contribution in [3.05, 3.63) is 58.1 Å². The number of benzene rings is 2. The Morgan fingerprint density at radius 1 is 1.12 bits per heavy atom. The number of fused-ring (bicyclic) bond motifs is 1. The van der Waals surface area contributed by atoms with Crippen molar-refractivity contribution in [2.75, 3.05) is 11.4 Å². The highest BCUT2D eigenvalue weighted by Gasteiger charge is 2.22. The smallest absolute Gasteiger partial charge is 0.233 e. The van der Waals surface area contributed by atoms with Crippen LogP contribution in [0.1, 0.15) is 19.4 Å². The lowest BCUT2D eigenvalue weighted by Crippen LogP contribution is -2.35. The molecule has 0 fully saturated rings. The average molecular weight is 393 g/mol. The van der Waals surface area contributed by atoms with Crippen LogP contribution in [-0.4, -0.2) is 17.4 Å². The van der Waals surface area contributed by atoms with Crippen molar-refractivity contribution in [2.24, 2.45) is 5.92 Å². The second-order valence-electron chi connectivity index (χ2n) is 6.24. The first-order valence-electron chi connectivity index (χ1n) is 8.04. The number of anilines is 1. The molecule has 6 heteroatoms. The number of amides is 1. The van der Waals surface area contributed by atoms with Gasteiger partial charge in [0, 0.05) is 16.6 Å². The normalized spacial score (nSPS) is 11.2. The van der Waals surface area contributed by atoms with E-state index in [1.807, 2.05) is 24.3 Å². The molecular weight excluding hydrogens is 375 g/mol. The van der Waals surface area contributed by atoms with Crippen LogP contribution in [0.5, 0.6) is 0 Å². The van der Waals surface area contributed by atoms with E-state index in [-0.39, 0.29) is 12.3 Å². The zero-order valence-corrected chi connectivity index (χ0v) is 16.3. The maximum Gasteiger partial charge on any atom is 0.233 e. The summed E-state index contributed by atoms with van der Waals surface area (Å²) in [6.45, 7) is 4.76. The molecule has 0 atom stereocenters. The summed E-state index contributed by atoms with van der Waals surface area (Å²) in [5.41, 5.74) is 1.56. The number of hydrogen-bond donors (Lipinski definition) is 0. The molecule has 3 nitrogen and oxygen atoms in total. The van der Waals surface area contributed by atoms with Gasteiger partial charge in [-0.1, -0.05) is 66.6 Å². The number of nitrogens with zero attached hydrogens (tertiary/aromatic N) is 2. The summed E-state index contributed by atoms with van der Waals surface area (Å²) >= 11 is 14.0. The van der Waals surface area contributed by atoms with Crippen LogP contribution in [0.3, 0.4) is 0 Å². The Balaban J connectivity index is 1.93. The van der Waals surface area contributed by atoms with Gasteiger partial charge in [0.1, 0.15) is 0 Å². The maximum atomic E-state index is 13.0. The molecule has 3 rings (SSSR count). The zero-order chi connectivity index (χ0) is 18.0. The minimum Gasteiger partial charge on any atom is -0.288 e. The van der Waals surface area contributed by atoms with Gasteiger partial charge in [0.15, 0.2) is 5.13 Å². The summed E-state index contributed by atoms with van der Waals surface area (Å²) in [6.07, 6.45) is 0.154. The molecular formula is C19H18Cl2N2OS. The molecule has 0 aliphatic carbocycles. The van der Waals surface area contributed by atoms with Gasteiger partial charge in [-0.05, 0) is 35.7 Å². The molecule has 0 unspecified atom stereocenters. The van der Waals surface area contributed by atoms with Gasteiger partial charge in [0.25, 0.3) is 0 Å². The summed E-state index contributed by atoms with van der Waals surface area (Å²) in [5.74, 6) is 0.264. The monoisotopic (exact) mass is 392 g/mol. The summed E-state index contributed by atoms with van der Waals surface area (Å²) in [6, 6.07) is 13.2. The molecule has 130 valence electrons. The van der Waals surface area contributed by atoms with Gasteiger partial charge in [-0.25, -0.2) is 4.98 Å². The third-order valence-electron chi connectivity index (χ3n) is 3.75. The van der Waals surface area contributed by atoms with Gasteiger partial charge >= 0.3 is 0 Å². The fourth-order valence-corrected chi connectivity index (χ4v) is 4.10. The number of hydrogen-bond acceptors (Lipinski definition) is 3. The maximum absolute atomic E-state index is 13.0. The lowest BCUT2D eigenvalue weighted by molar-refractivity contribution is -0.118. The van der Waals surface area contributed by atoms with Crippen LogP contribution in [0.4, 0.5) is 5.13 Å². The Labute approximate surface area is 161 Å². The quantitative estimate of drug-likeness (QED) is 0.546. The molecule has 2 aromatic carbocycles. The molecule has 1 amide bonds. The number of carbonyl (C=O) groups excluding carboxylic acids is 1. The molecule has 0 aliphatic heterocycles. The largest absolute Gasteiger partial charge is 0.288 e. The van der Waals surface area contributed by atoms with Crippen molar-refractivity contribution in [3.63, 3.8) is 0 Å². The van der Waals surface area contributed by atoms with Gasteiger partial charge < -0.3 is 0 Å². The molecule has 0 aliphatic rings. The molecule has 0 radical (unpaired) electrons. The standard InChI is InChI=1S/C19H18Cl2N2OS/c1-12(2)11-23(19-22-16-8-3-4-9-17(16)25-19)18(24)10-13-14(20)6-5-7-15(13)21/h3-9,12H,10-11H2,1-2H3. The van der Waals surface area contributed by atoms with E-state index in [1.165, 1.54) is 11.3 Å². The second kappa shape index (κ2) is 7.73. The van der Waals surface area contributed by atoms with Crippen LogP contribution in [0.25, 0.3) is 10.2 Å². The summed E-state index contributed by atoms with van der Waals surface area (Å²) in [7, 11) is 0. The topological polar surface area (TPSA) is 33.2 Å². The summed E-state index contributed by atoms with van der Waals surface area (Å²) in [5, 5.41) is 1.73. The third-order valence-corrected chi connectivity index (χ3v) is 5.52. The second-order valence-corrected chi connectivity index (χ2v) is 8.06. The number of aromatic nitrogens is 1. The predicted molar refractivity (Wildman–Crippen MR) is 107 cm³/mol. The third kappa shape index (κ3) is 4.14. The van der Waals surface area contributed by atoms with E-state index >= 15 is 0 Å². The van der Waals surface area contributed by atoms with E-state index in [2.05, 4.69) is 18.8 Å². The number of thiazole rings is 1. The summed E-state index contributed by atoms with van der Waals surface area (Å²) in [4.78, 5) is 19.4. The molecule has 1 heterocycles. The van der Waals surface area contributed by atoms with Crippen LogP contribution >= 0.6 is 34.5 Å². The van der Waals surface area contributed by atoms with Crippen molar-refractivity contribution in [1.82, 2.24) is 4.98 Å². The van der Waals surface area contributed by atoms with Gasteiger partial charge in [-0.2, -0.15) is 0 Å². The number of para-hydroxylation sites is 1. The first-order chi connectivity index (χ1) is 12.0. The van der Waals surface area contributed by atoms with Crippen LogP contribution < -0.4 is 4.90 Å². The van der Waals surface area contributed by atoms with Crippen LogP contribution in [-0.2, 0) is 11.2 Å². The van der Waals surface area contributed by atoms with Crippen molar-refractivity contribution in [2.45, 2.75) is 20.3 Å². The average Bonchev–Trinajstić information content (AvgIpc) is 2.99. The van der Waals surface area contributed by atoms with Crippen molar-refractivity contribution >= 4 is 55.8 Å². The minimum atomic E-state index is -0.0530. The van der Waals surface area contributed by atoms with E-state index < -0.39 is 0 Å². The molecule has 0 spiro atoms. The van der Waals surface area contributed by atoms with Crippen molar-refractivity contribution < 1.29 is 4.79 Å². The number of carbonyl (C=O) groups is 1. The van der Waals surface area contributed by atoms with Crippen LogP contribution in [0.2, 0.25) is 10.0 Å². The molecule has 0 bridgehead atoms. The molecule has 1 aromatic heterocycles. The Kier molecular flexibility index (Phi) is 5.62. The molecule has 0 saturated heterocycles. The van der Waals surface area contributed by atoms with Gasteiger partial charge in [0.2, 0.25) is 5.91 Å². The highest BCUT2D eigenvalue weighted by molar-refractivity contribution is 7.22. The first-order valence-corrected chi connectivity index (χ1v) is 9.61. The molecule has 0 N–H and O–H groups in total.